The molecule has 9 heteroatoms. The average molecular weight is 412 g/mol. The summed E-state index contributed by atoms with van der Waals surface area (Å²) in [5.74, 6) is -0.383. The Hall–Kier alpha value is -2.39. The van der Waals surface area contributed by atoms with Gasteiger partial charge in [0.25, 0.3) is 5.91 Å². The van der Waals surface area contributed by atoms with Gasteiger partial charge in [-0.3, -0.25) is 4.79 Å². The lowest BCUT2D eigenvalue weighted by molar-refractivity contribution is -0.137. The standard InChI is InChI=1S/C19H19F3N2O3S/c20-19(21,22)15-5-1-13(2-6-15)11-12-23-18(25)14-3-9-17(10-4-14)28(26,27)24-16-7-8-16/h1-6,9-10,16,24H,7-8,11-12H2,(H,23,25). The van der Waals surface area contributed by atoms with Gasteiger partial charge in [-0.05, 0) is 61.2 Å². The van der Waals surface area contributed by atoms with Crippen molar-refractivity contribution < 1.29 is 26.4 Å². The van der Waals surface area contributed by atoms with Crippen molar-refractivity contribution in [1.29, 1.82) is 0 Å². The first-order valence-corrected chi connectivity index (χ1v) is 10.2. The zero-order chi connectivity index (χ0) is 20.4. The largest absolute Gasteiger partial charge is 0.416 e. The zero-order valence-electron chi connectivity index (χ0n) is 14.8. The molecule has 0 unspecified atom stereocenters. The molecule has 0 spiro atoms. The number of benzene rings is 2. The number of sulfonamides is 1. The van der Waals surface area contributed by atoms with Gasteiger partial charge in [0.05, 0.1) is 10.5 Å². The van der Waals surface area contributed by atoms with E-state index in [9.17, 15) is 26.4 Å². The molecule has 1 saturated carbocycles. The summed E-state index contributed by atoms with van der Waals surface area (Å²) < 4.78 is 64.4. The van der Waals surface area contributed by atoms with Crippen LogP contribution in [-0.4, -0.2) is 26.9 Å². The molecule has 2 N–H and O–H groups in total. The second kappa shape index (κ2) is 7.92. The first-order valence-electron chi connectivity index (χ1n) is 8.72. The molecule has 1 aliphatic rings. The predicted octanol–water partition coefficient (Wildman–Crippen LogP) is 3.12. The molecule has 2 aromatic rings. The van der Waals surface area contributed by atoms with Gasteiger partial charge < -0.3 is 5.32 Å². The van der Waals surface area contributed by atoms with Crippen molar-refractivity contribution in [3.8, 4) is 0 Å². The molecule has 0 saturated heterocycles. The van der Waals surface area contributed by atoms with Crippen LogP contribution in [0.1, 0.15) is 34.3 Å². The Kier molecular flexibility index (Phi) is 5.76. The monoisotopic (exact) mass is 412 g/mol. The fourth-order valence-electron chi connectivity index (χ4n) is 2.56. The topological polar surface area (TPSA) is 75.3 Å². The fraction of sp³-hybridized carbons (Fsp3) is 0.316. The third-order valence-corrected chi connectivity index (χ3v) is 5.84. The molecule has 0 atom stereocenters. The van der Waals surface area contributed by atoms with E-state index in [1.807, 2.05) is 0 Å². The number of alkyl halides is 3. The van der Waals surface area contributed by atoms with Crippen molar-refractivity contribution in [3.63, 3.8) is 0 Å². The van der Waals surface area contributed by atoms with Gasteiger partial charge in [-0.15, -0.1) is 0 Å². The number of hydrogen-bond acceptors (Lipinski definition) is 3. The zero-order valence-corrected chi connectivity index (χ0v) is 15.6. The third kappa shape index (κ3) is 5.32. The highest BCUT2D eigenvalue weighted by Crippen LogP contribution is 2.29. The lowest BCUT2D eigenvalue weighted by atomic mass is 10.1. The molecule has 0 heterocycles. The summed E-state index contributed by atoms with van der Waals surface area (Å²) in [5.41, 5.74) is 0.255. The van der Waals surface area contributed by atoms with Gasteiger partial charge >= 0.3 is 6.18 Å². The number of carbonyl (C=O) groups excluding carboxylic acids is 1. The van der Waals surface area contributed by atoms with E-state index in [4.69, 9.17) is 0 Å². The van der Waals surface area contributed by atoms with Crippen molar-refractivity contribution in [2.45, 2.75) is 36.4 Å². The highest BCUT2D eigenvalue weighted by atomic mass is 32.2. The Morgan fingerprint density at radius 2 is 1.61 bits per heavy atom. The predicted molar refractivity (Wildman–Crippen MR) is 97.3 cm³/mol. The van der Waals surface area contributed by atoms with E-state index in [0.717, 1.165) is 25.0 Å². The summed E-state index contributed by atoms with van der Waals surface area (Å²) in [5, 5.41) is 2.67. The maximum Gasteiger partial charge on any atom is 0.416 e. The Morgan fingerprint density at radius 1 is 1.00 bits per heavy atom. The maximum absolute atomic E-state index is 12.5. The Bertz CT molecular complexity index is 936. The minimum absolute atomic E-state index is 0.00169. The second-order valence-electron chi connectivity index (χ2n) is 6.62. The molecular weight excluding hydrogens is 393 g/mol. The van der Waals surface area contributed by atoms with Gasteiger partial charge in [0.1, 0.15) is 0 Å². The van der Waals surface area contributed by atoms with E-state index in [0.29, 0.717) is 17.5 Å². The number of hydrogen-bond donors (Lipinski definition) is 2. The minimum Gasteiger partial charge on any atom is -0.352 e. The van der Waals surface area contributed by atoms with Gasteiger partial charge in [-0.1, -0.05) is 12.1 Å². The number of nitrogens with one attached hydrogen (secondary N) is 2. The molecule has 1 aliphatic carbocycles. The SMILES string of the molecule is O=C(NCCc1ccc(C(F)(F)F)cc1)c1ccc(S(=O)(=O)NC2CC2)cc1. The van der Waals surface area contributed by atoms with E-state index in [-0.39, 0.29) is 23.4 Å². The van der Waals surface area contributed by atoms with E-state index >= 15 is 0 Å². The number of carbonyl (C=O) groups is 1. The van der Waals surface area contributed by atoms with Crippen LogP contribution in [0.3, 0.4) is 0 Å². The van der Waals surface area contributed by atoms with Crippen LogP contribution in [0.5, 0.6) is 0 Å². The van der Waals surface area contributed by atoms with Crippen LogP contribution in [0.4, 0.5) is 13.2 Å². The van der Waals surface area contributed by atoms with Crippen molar-refractivity contribution >= 4 is 15.9 Å². The summed E-state index contributed by atoms with van der Waals surface area (Å²) in [6.45, 7) is 0.244. The molecule has 1 amide bonds. The van der Waals surface area contributed by atoms with E-state index in [1.54, 1.807) is 0 Å². The summed E-state index contributed by atoms with van der Waals surface area (Å²) >= 11 is 0. The van der Waals surface area contributed by atoms with Crippen LogP contribution in [-0.2, 0) is 22.6 Å². The molecule has 0 aliphatic heterocycles. The second-order valence-corrected chi connectivity index (χ2v) is 8.33. The highest BCUT2D eigenvalue weighted by molar-refractivity contribution is 7.89. The quantitative estimate of drug-likeness (QED) is 0.734. The molecule has 0 aromatic heterocycles. The molecule has 28 heavy (non-hydrogen) atoms. The molecule has 0 radical (unpaired) electrons. The molecule has 3 rings (SSSR count). The van der Waals surface area contributed by atoms with E-state index < -0.39 is 21.8 Å². The lowest BCUT2D eigenvalue weighted by Gasteiger charge is -2.09. The van der Waals surface area contributed by atoms with Gasteiger partial charge in [0.15, 0.2) is 0 Å². The van der Waals surface area contributed by atoms with Crippen LogP contribution in [0, 0.1) is 0 Å². The fourth-order valence-corrected chi connectivity index (χ4v) is 3.86. The van der Waals surface area contributed by atoms with Crippen LogP contribution in [0.25, 0.3) is 0 Å². The number of rotatable bonds is 7. The van der Waals surface area contributed by atoms with E-state index in [2.05, 4.69) is 10.0 Å². The van der Waals surface area contributed by atoms with Crippen LogP contribution < -0.4 is 10.0 Å². The normalized spacial score (nSPS) is 14.7. The van der Waals surface area contributed by atoms with Crippen LogP contribution in [0.15, 0.2) is 53.4 Å². The third-order valence-electron chi connectivity index (χ3n) is 4.31. The molecule has 5 nitrogen and oxygen atoms in total. The Labute approximate surface area is 161 Å². The first-order chi connectivity index (χ1) is 13.1. The van der Waals surface area contributed by atoms with Gasteiger partial charge in [-0.2, -0.15) is 13.2 Å². The summed E-state index contributed by atoms with van der Waals surface area (Å²) in [6.07, 6.45) is -2.33. The van der Waals surface area contributed by atoms with Crippen LogP contribution in [0.2, 0.25) is 0 Å². The minimum atomic E-state index is -4.37. The Morgan fingerprint density at radius 3 is 2.14 bits per heavy atom. The van der Waals surface area contributed by atoms with Crippen molar-refractivity contribution in [3.05, 3.63) is 65.2 Å². The van der Waals surface area contributed by atoms with Crippen molar-refractivity contribution in [1.82, 2.24) is 10.0 Å². The summed E-state index contributed by atoms with van der Waals surface area (Å²) in [6, 6.07) is 10.4. The number of halogens is 3. The van der Waals surface area contributed by atoms with Gasteiger partial charge in [0, 0.05) is 18.2 Å². The molecule has 150 valence electrons. The summed E-state index contributed by atoms with van der Waals surface area (Å²) in [7, 11) is -3.57. The van der Waals surface area contributed by atoms with Crippen molar-refractivity contribution in [2.24, 2.45) is 0 Å². The average Bonchev–Trinajstić information content (AvgIpc) is 3.45. The molecule has 2 aromatic carbocycles. The Balaban J connectivity index is 1.52. The van der Waals surface area contributed by atoms with Crippen molar-refractivity contribution in [2.75, 3.05) is 6.54 Å². The van der Waals surface area contributed by atoms with Crippen LogP contribution >= 0.6 is 0 Å². The molecular formula is C19H19F3N2O3S. The lowest BCUT2D eigenvalue weighted by Crippen LogP contribution is -2.27. The maximum atomic E-state index is 12.5. The highest BCUT2D eigenvalue weighted by Gasteiger charge is 2.30. The van der Waals surface area contributed by atoms with E-state index in [1.165, 1.54) is 36.4 Å². The molecule has 0 bridgehead atoms. The molecule has 1 fully saturated rings. The van der Waals surface area contributed by atoms with Gasteiger partial charge in [0.2, 0.25) is 10.0 Å². The summed E-state index contributed by atoms with van der Waals surface area (Å²) in [4.78, 5) is 12.2. The number of amides is 1. The first kappa shape index (κ1) is 20.3. The van der Waals surface area contributed by atoms with Gasteiger partial charge in [-0.25, -0.2) is 13.1 Å². The smallest absolute Gasteiger partial charge is 0.352 e.